The molecule has 0 bridgehead atoms. The van der Waals surface area contributed by atoms with Gasteiger partial charge in [0.25, 0.3) is 0 Å². The van der Waals surface area contributed by atoms with Crippen molar-refractivity contribution in [1.29, 1.82) is 0 Å². The lowest BCUT2D eigenvalue weighted by Crippen LogP contribution is -2.26. The highest BCUT2D eigenvalue weighted by atomic mass is 31.2. The van der Waals surface area contributed by atoms with E-state index in [0.717, 1.165) is 0 Å². The van der Waals surface area contributed by atoms with Crippen LogP contribution in [-0.4, -0.2) is 31.9 Å². The second-order valence-corrected chi connectivity index (χ2v) is 4.77. The molecule has 7 heteroatoms. The van der Waals surface area contributed by atoms with Crippen LogP contribution in [0, 0.1) is 0 Å². The largest absolute Gasteiger partial charge is 0.475 e. The van der Waals surface area contributed by atoms with E-state index in [1.165, 1.54) is 6.08 Å². The van der Waals surface area contributed by atoms with Crippen molar-refractivity contribution < 1.29 is 27.7 Å². The van der Waals surface area contributed by atoms with E-state index in [-0.39, 0.29) is 26.2 Å². The third kappa shape index (κ3) is 6.31. The summed E-state index contributed by atoms with van der Waals surface area (Å²) < 4.78 is 31.9. The van der Waals surface area contributed by atoms with Gasteiger partial charge in [-0.15, -0.1) is 6.58 Å². The molecule has 0 spiro atoms. The number of carbonyl (C=O) groups is 1. The summed E-state index contributed by atoms with van der Waals surface area (Å²) in [5.41, 5.74) is 0. The highest BCUT2D eigenvalue weighted by Gasteiger charge is 2.33. The molecule has 106 valence electrons. The third-order valence-corrected chi connectivity index (χ3v) is 3.42. The monoisotopic (exact) mass is 280 g/mol. The van der Waals surface area contributed by atoms with Gasteiger partial charge in [-0.25, -0.2) is 9.36 Å². The number of phosphoric ester groups is 1. The van der Waals surface area contributed by atoms with E-state index >= 15 is 0 Å². The second-order valence-electron chi connectivity index (χ2n) is 3.15. The van der Waals surface area contributed by atoms with E-state index in [9.17, 15) is 9.36 Å². The van der Waals surface area contributed by atoms with Crippen LogP contribution in [0.15, 0.2) is 12.7 Å². The molecule has 0 aliphatic carbocycles. The van der Waals surface area contributed by atoms with Crippen LogP contribution in [0.2, 0.25) is 0 Å². The van der Waals surface area contributed by atoms with Crippen molar-refractivity contribution in [2.45, 2.75) is 33.3 Å². The van der Waals surface area contributed by atoms with Gasteiger partial charge in [-0.3, -0.25) is 13.6 Å². The first-order valence-electron chi connectivity index (χ1n) is 5.88. The molecule has 0 aromatic rings. The molecule has 0 N–H and O–H groups in total. The molecule has 0 heterocycles. The number of carbonyl (C=O) groups excluding carboxylic acids is 1. The summed E-state index contributed by atoms with van der Waals surface area (Å²) in [6.45, 7) is 9.01. The van der Waals surface area contributed by atoms with Crippen molar-refractivity contribution in [3.05, 3.63) is 12.7 Å². The predicted octanol–water partition coefficient (Wildman–Crippen LogP) is 2.69. The van der Waals surface area contributed by atoms with Gasteiger partial charge in [0.05, 0.1) is 19.8 Å². The maximum Gasteiger partial charge on any atom is 0.475 e. The average molecular weight is 280 g/mol. The second kappa shape index (κ2) is 9.28. The Labute approximate surface area is 108 Å². The molecule has 0 aromatic carbocycles. The van der Waals surface area contributed by atoms with Crippen LogP contribution in [0.3, 0.4) is 0 Å². The Morgan fingerprint density at radius 2 is 1.78 bits per heavy atom. The third-order valence-electron chi connectivity index (χ3n) is 1.76. The summed E-state index contributed by atoms with van der Waals surface area (Å²) in [7, 11) is -3.73. The summed E-state index contributed by atoms with van der Waals surface area (Å²) >= 11 is 0. The number of ether oxygens (including phenoxy) is 1. The Hall–Kier alpha value is -0.680. The molecule has 6 nitrogen and oxygen atoms in total. The Morgan fingerprint density at radius 3 is 2.17 bits per heavy atom. The smallest absolute Gasteiger partial charge is 0.464 e. The lowest BCUT2D eigenvalue weighted by atomic mass is 10.2. The molecule has 18 heavy (non-hydrogen) atoms. The molecule has 0 aliphatic heterocycles. The highest BCUT2D eigenvalue weighted by Crippen LogP contribution is 2.50. The molecule has 0 radical (unpaired) electrons. The molecular weight excluding hydrogens is 259 g/mol. The van der Waals surface area contributed by atoms with Crippen LogP contribution in [0.4, 0.5) is 0 Å². The maximum absolute atomic E-state index is 12.1. The van der Waals surface area contributed by atoms with Gasteiger partial charge < -0.3 is 4.74 Å². The summed E-state index contributed by atoms with van der Waals surface area (Å²) in [6.07, 6.45) is 0.610. The first kappa shape index (κ1) is 17.3. The molecule has 1 unspecified atom stereocenters. The molecule has 0 amide bonds. The normalized spacial score (nSPS) is 13.1. The Bertz CT molecular complexity index is 294. The zero-order valence-electron chi connectivity index (χ0n) is 11.1. The fraction of sp³-hybridized carbons (Fsp3) is 0.727. The van der Waals surface area contributed by atoms with Gasteiger partial charge in [0.15, 0.2) is 6.10 Å². The van der Waals surface area contributed by atoms with Crippen molar-refractivity contribution in [2.24, 2.45) is 0 Å². The van der Waals surface area contributed by atoms with Crippen LogP contribution in [0.25, 0.3) is 0 Å². The van der Waals surface area contributed by atoms with Gasteiger partial charge in [0.1, 0.15) is 0 Å². The molecular formula is C11H21O6P. The summed E-state index contributed by atoms with van der Waals surface area (Å²) in [4.78, 5) is 11.6. The standard InChI is InChI=1S/C11H21O6P/c1-5-9-10(11(12)14-6-2)17-18(13,15-7-3)16-8-4/h5,10H,1,6-9H2,2-4H3. The Kier molecular flexibility index (Phi) is 8.93. The number of rotatable bonds is 10. The van der Waals surface area contributed by atoms with Crippen molar-refractivity contribution in [3.8, 4) is 0 Å². The number of hydrogen-bond donors (Lipinski definition) is 0. The van der Waals surface area contributed by atoms with E-state index < -0.39 is 19.9 Å². The SMILES string of the molecule is C=CCC(OP(=O)(OCC)OCC)C(=O)OCC. The van der Waals surface area contributed by atoms with E-state index in [1.54, 1.807) is 20.8 Å². The number of phosphoric acid groups is 1. The highest BCUT2D eigenvalue weighted by molar-refractivity contribution is 7.48. The van der Waals surface area contributed by atoms with E-state index in [0.29, 0.717) is 0 Å². The van der Waals surface area contributed by atoms with E-state index in [2.05, 4.69) is 6.58 Å². The summed E-state index contributed by atoms with van der Waals surface area (Å²) in [6, 6.07) is 0. The van der Waals surface area contributed by atoms with Crippen molar-refractivity contribution in [3.63, 3.8) is 0 Å². The summed E-state index contributed by atoms with van der Waals surface area (Å²) in [5.74, 6) is -0.614. The molecule has 0 saturated carbocycles. The molecule has 1 atom stereocenters. The summed E-state index contributed by atoms with van der Waals surface area (Å²) in [5, 5.41) is 0. The van der Waals surface area contributed by atoms with Crippen LogP contribution in [0.5, 0.6) is 0 Å². The lowest BCUT2D eigenvalue weighted by Gasteiger charge is -2.21. The zero-order chi connectivity index (χ0) is 14.0. The van der Waals surface area contributed by atoms with Gasteiger partial charge in [0.2, 0.25) is 0 Å². The molecule has 0 rings (SSSR count). The minimum Gasteiger partial charge on any atom is -0.464 e. The van der Waals surface area contributed by atoms with Gasteiger partial charge in [-0.05, 0) is 20.8 Å². The van der Waals surface area contributed by atoms with Crippen molar-refractivity contribution in [2.75, 3.05) is 19.8 Å². The van der Waals surface area contributed by atoms with Crippen molar-refractivity contribution in [1.82, 2.24) is 0 Å². The molecule has 0 aromatic heterocycles. The number of esters is 1. The molecule has 0 saturated heterocycles. The van der Waals surface area contributed by atoms with E-state index in [4.69, 9.17) is 18.3 Å². The van der Waals surface area contributed by atoms with Gasteiger partial charge in [-0.2, -0.15) is 0 Å². The maximum atomic E-state index is 12.1. The first-order valence-corrected chi connectivity index (χ1v) is 7.34. The van der Waals surface area contributed by atoms with Crippen LogP contribution in [0.1, 0.15) is 27.2 Å². The van der Waals surface area contributed by atoms with Crippen LogP contribution < -0.4 is 0 Å². The Morgan fingerprint density at radius 1 is 1.22 bits per heavy atom. The predicted molar refractivity (Wildman–Crippen MR) is 67.2 cm³/mol. The molecule has 0 fully saturated rings. The van der Waals surface area contributed by atoms with Crippen LogP contribution in [-0.2, 0) is 27.7 Å². The zero-order valence-corrected chi connectivity index (χ0v) is 12.0. The van der Waals surface area contributed by atoms with Gasteiger partial charge in [-0.1, -0.05) is 6.08 Å². The fourth-order valence-corrected chi connectivity index (χ4v) is 2.45. The van der Waals surface area contributed by atoms with E-state index in [1.807, 2.05) is 0 Å². The topological polar surface area (TPSA) is 71.1 Å². The number of hydrogen-bond acceptors (Lipinski definition) is 6. The molecule has 0 aliphatic rings. The van der Waals surface area contributed by atoms with Gasteiger partial charge in [0, 0.05) is 6.42 Å². The van der Waals surface area contributed by atoms with Gasteiger partial charge >= 0.3 is 13.8 Å². The van der Waals surface area contributed by atoms with Crippen LogP contribution >= 0.6 is 7.82 Å². The van der Waals surface area contributed by atoms with Crippen molar-refractivity contribution >= 4 is 13.8 Å². The lowest BCUT2D eigenvalue weighted by molar-refractivity contribution is -0.152. The quantitative estimate of drug-likeness (QED) is 0.348. The fourth-order valence-electron chi connectivity index (χ4n) is 1.14. The first-order chi connectivity index (χ1) is 8.52. The minimum atomic E-state index is -3.73. The average Bonchev–Trinajstić information content (AvgIpc) is 2.29. The Balaban J connectivity index is 4.74. The minimum absolute atomic E-state index is 0.154.